The predicted octanol–water partition coefficient (Wildman–Crippen LogP) is 5.16. The van der Waals surface area contributed by atoms with Gasteiger partial charge in [0, 0.05) is 15.8 Å². The molecule has 0 saturated carbocycles. The molecule has 0 spiro atoms. The van der Waals surface area contributed by atoms with Gasteiger partial charge >= 0.3 is 0 Å². The summed E-state index contributed by atoms with van der Waals surface area (Å²) in [5.41, 5.74) is 2.09. The van der Waals surface area contributed by atoms with E-state index in [4.69, 9.17) is 0 Å². The quantitative estimate of drug-likeness (QED) is 0.478. The van der Waals surface area contributed by atoms with Gasteiger partial charge in [-0.05, 0) is 19.1 Å². The zero-order chi connectivity index (χ0) is 14.7. The van der Waals surface area contributed by atoms with Crippen LogP contribution in [0.4, 0.5) is 0 Å². The van der Waals surface area contributed by atoms with Crippen LogP contribution in [0.25, 0.3) is 11.3 Å². The molecular formula is C16H13NOS3. The number of thiazole rings is 1. The number of hydrogen-bond donors (Lipinski definition) is 0. The van der Waals surface area contributed by atoms with Gasteiger partial charge < -0.3 is 0 Å². The fourth-order valence-electron chi connectivity index (χ4n) is 1.85. The summed E-state index contributed by atoms with van der Waals surface area (Å²) in [6, 6.07) is 14.0. The van der Waals surface area contributed by atoms with E-state index < -0.39 is 0 Å². The Morgan fingerprint density at radius 2 is 2.00 bits per heavy atom. The van der Waals surface area contributed by atoms with Crippen molar-refractivity contribution >= 4 is 40.2 Å². The van der Waals surface area contributed by atoms with Gasteiger partial charge in [-0.15, -0.1) is 22.7 Å². The minimum Gasteiger partial charge on any atom is -0.292 e. The van der Waals surface area contributed by atoms with E-state index in [2.05, 4.69) is 4.98 Å². The Morgan fingerprint density at radius 3 is 2.71 bits per heavy atom. The third-order valence-electron chi connectivity index (χ3n) is 2.89. The molecule has 0 N–H and O–H groups in total. The number of ketones is 1. The number of carbonyl (C=O) groups is 1. The van der Waals surface area contributed by atoms with Crippen molar-refractivity contribution < 1.29 is 4.79 Å². The van der Waals surface area contributed by atoms with Crippen molar-refractivity contribution in [2.75, 3.05) is 5.75 Å². The van der Waals surface area contributed by atoms with Crippen molar-refractivity contribution in [1.82, 2.24) is 4.98 Å². The molecule has 106 valence electrons. The molecule has 2 nitrogen and oxygen atoms in total. The van der Waals surface area contributed by atoms with Crippen LogP contribution >= 0.6 is 34.4 Å². The second-order valence-corrected chi connectivity index (χ2v) is 7.86. The van der Waals surface area contributed by atoms with Crippen LogP contribution in [0.2, 0.25) is 0 Å². The number of carbonyl (C=O) groups excluding carboxylic acids is 1. The Morgan fingerprint density at radius 1 is 1.19 bits per heavy atom. The van der Waals surface area contributed by atoms with Crippen LogP contribution in [0.5, 0.6) is 0 Å². The Bertz CT molecular complexity index is 746. The highest BCUT2D eigenvalue weighted by atomic mass is 32.2. The molecule has 0 bridgehead atoms. The van der Waals surface area contributed by atoms with Crippen molar-refractivity contribution in [1.29, 1.82) is 0 Å². The van der Waals surface area contributed by atoms with Crippen LogP contribution < -0.4 is 0 Å². The molecule has 0 fully saturated rings. The Kier molecular flexibility index (Phi) is 4.53. The number of hydrogen-bond acceptors (Lipinski definition) is 5. The maximum Gasteiger partial charge on any atom is 0.183 e. The largest absolute Gasteiger partial charge is 0.292 e. The van der Waals surface area contributed by atoms with Gasteiger partial charge in [0.2, 0.25) is 0 Å². The lowest BCUT2D eigenvalue weighted by atomic mass is 10.2. The van der Waals surface area contributed by atoms with Crippen molar-refractivity contribution in [3.05, 3.63) is 57.6 Å². The summed E-state index contributed by atoms with van der Waals surface area (Å²) in [4.78, 5) is 18.7. The summed E-state index contributed by atoms with van der Waals surface area (Å²) in [6.07, 6.45) is 0. The number of thiophene rings is 1. The third-order valence-corrected chi connectivity index (χ3v) is 5.96. The number of Topliss-reactive ketones (excluding diaryl/α,β-unsaturated/α-hetero) is 1. The highest BCUT2D eigenvalue weighted by Gasteiger charge is 2.11. The molecule has 3 rings (SSSR count). The van der Waals surface area contributed by atoms with Crippen molar-refractivity contribution in [2.45, 2.75) is 11.3 Å². The smallest absolute Gasteiger partial charge is 0.183 e. The standard InChI is InChI=1S/C16H13NOS3/c1-11-7-8-15(21-11)14(18)10-20-16-17-13(9-19-16)12-5-3-2-4-6-12/h2-9H,10H2,1H3. The molecule has 0 aliphatic heterocycles. The molecule has 0 saturated heterocycles. The SMILES string of the molecule is Cc1ccc(C(=O)CSc2nc(-c3ccccc3)cs2)s1. The number of rotatable bonds is 5. The summed E-state index contributed by atoms with van der Waals surface area (Å²) in [7, 11) is 0. The van der Waals surface area contributed by atoms with E-state index in [9.17, 15) is 4.79 Å². The first-order chi connectivity index (χ1) is 10.2. The molecule has 0 aliphatic carbocycles. The molecule has 0 aliphatic rings. The molecule has 0 amide bonds. The molecule has 2 aromatic heterocycles. The maximum absolute atomic E-state index is 12.1. The molecular weight excluding hydrogens is 318 g/mol. The normalized spacial score (nSPS) is 10.7. The lowest BCUT2D eigenvalue weighted by Gasteiger charge is -1.96. The maximum atomic E-state index is 12.1. The predicted molar refractivity (Wildman–Crippen MR) is 91.7 cm³/mol. The zero-order valence-electron chi connectivity index (χ0n) is 11.4. The minimum atomic E-state index is 0.176. The number of aromatic nitrogens is 1. The highest BCUT2D eigenvalue weighted by molar-refractivity contribution is 8.01. The van der Waals surface area contributed by atoms with Gasteiger partial charge in [-0.25, -0.2) is 4.98 Å². The second kappa shape index (κ2) is 6.56. The van der Waals surface area contributed by atoms with Crippen molar-refractivity contribution in [2.24, 2.45) is 0 Å². The van der Waals surface area contributed by atoms with Crippen molar-refractivity contribution in [3.8, 4) is 11.3 Å². The molecule has 3 aromatic rings. The van der Waals surface area contributed by atoms with E-state index in [1.807, 2.05) is 54.8 Å². The zero-order valence-corrected chi connectivity index (χ0v) is 13.9. The van der Waals surface area contributed by atoms with Gasteiger partial charge in [0.15, 0.2) is 10.1 Å². The van der Waals surface area contributed by atoms with Gasteiger partial charge in [-0.2, -0.15) is 0 Å². The number of thioether (sulfide) groups is 1. The van der Waals surface area contributed by atoms with Gasteiger partial charge in [0.25, 0.3) is 0 Å². The van der Waals surface area contributed by atoms with E-state index in [-0.39, 0.29) is 5.78 Å². The minimum absolute atomic E-state index is 0.176. The molecule has 21 heavy (non-hydrogen) atoms. The van der Waals surface area contributed by atoms with Crippen LogP contribution in [0, 0.1) is 6.92 Å². The average Bonchev–Trinajstić information content (AvgIpc) is 3.15. The lowest BCUT2D eigenvalue weighted by Crippen LogP contribution is -1.98. The van der Waals surface area contributed by atoms with E-state index in [1.54, 1.807) is 22.7 Å². The van der Waals surface area contributed by atoms with Crippen LogP contribution in [-0.2, 0) is 0 Å². The molecule has 2 heterocycles. The summed E-state index contributed by atoms with van der Waals surface area (Å²) in [6.45, 7) is 2.02. The first kappa shape index (κ1) is 14.5. The molecule has 0 unspecified atom stereocenters. The summed E-state index contributed by atoms with van der Waals surface area (Å²) >= 11 is 4.66. The van der Waals surface area contributed by atoms with E-state index in [1.165, 1.54) is 16.6 Å². The molecule has 5 heteroatoms. The average molecular weight is 331 g/mol. The van der Waals surface area contributed by atoms with Crippen LogP contribution in [-0.4, -0.2) is 16.5 Å². The summed E-state index contributed by atoms with van der Waals surface area (Å²) in [5.74, 6) is 0.622. The first-order valence-corrected chi connectivity index (χ1v) is 9.14. The van der Waals surface area contributed by atoms with E-state index in [0.29, 0.717) is 5.75 Å². The fraction of sp³-hybridized carbons (Fsp3) is 0.125. The summed E-state index contributed by atoms with van der Waals surface area (Å²) in [5, 5.41) is 2.04. The molecule has 0 radical (unpaired) electrons. The van der Waals surface area contributed by atoms with Gasteiger partial charge in [0.05, 0.1) is 16.3 Å². The van der Waals surface area contributed by atoms with Crippen LogP contribution in [0.15, 0.2) is 52.2 Å². The van der Waals surface area contributed by atoms with Gasteiger partial charge in [0.1, 0.15) is 0 Å². The highest BCUT2D eigenvalue weighted by Crippen LogP contribution is 2.29. The monoisotopic (exact) mass is 331 g/mol. The van der Waals surface area contributed by atoms with Crippen LogP contribution in [0.3, 0.4) is 0 Å². The molecule has 1 aromatic carbocycles. The topological polar surface area (TPSA) is 30.0 Å². The van der Waals surface area contributed by atoms with E-state index >= 15 is 0 Å². The number of benzene rings is 1. The molecule has 0 atom stereocenters. The van der Waals surface area contributed by atoms with Crippen LogP contribution in [0.1, 0.15) is 14.5 Å². The van der Waals surface area contributed by atoms with Gasteiger partial charge in [-0.1, -0.05) is 42.1 Å². The third kappa shape index (κ3) is 3.61. The lowest BCUT2D eigenvalue weighted by molar-refractivity contribution is 0.102. The van der Waals surface area contributed by atoms with E-state index in [0.717, 1.165) is 20.5 Å². The Labute approximate surface area is 135 Å². The Hall–Kier alpha value is -1.43. The van der Waals surface area contributed by atoms with Gasteiger partial charge in [-0.3, -0.25) is 4.79 Å². The Balaban J connectivity index is 1.64. The number of nitrogens with zero attached hydrogens (tertiary/aromatic N) is 1. The first-order valence-electron chi connectivity index (χ1n) is 6.46. The summed E-state index contributed by atoms with van der Waals surface area (Å²) < 4.78 is 0.940. The fourth-order valence-corrected chi connectivity index (χ4v) is 4.46. The second-order valence-electron chi connectivity index (χ2n) is 4.49. The van der Waals surface area contributed by atoms with Crippen molar-refractivity contribution in [3.63, 3.8) is 0 Å². The number of aryl methyl sites for hydroxylation is 1.